The van der Waals surface area contributed by atoms with Crippen molar-refractivity contribution < 1.29 is 4.74 Å². The summed E-state index contributed by atoms with van der Waals surface area (Å²) in [5.41, 5.74) is 0.0785. The third-order valence-electron chi connectivity index (χ3n) is 4.17. The standard InChI is InChI=1S/C22H17IO2S2/c1-2-13-25-16-11-12-19(26-18-10-6-4-8-15(18)23)20-21(24)14-7-3-5-9-17(14)27-22(16)20/h3-12H,2,13H2,1H3. The molecule has 4 rings (SSSR count). The molecule has 0 atom stereocenters. The number of hydrogen-bond donors (Lipinski definition) is 0. The minimum atomic E-state index is 0.0785. The molecule has 0 N–H and O–H groups in total. The summed E-state index contributed by atoms with van der Waals surface area (Å²) >= 11 is 5.61. The maximum absolute atomic E-state index is 13.3. The number of rotatable bonds is 5. The first-order chi connectivity index (χ1) is 13.2. The Labute approximate surface area is 179 Å². The minimum absolute atomic E-state index is 0.0785. The van der Waals surface area contributed by atoms with Crippen LogP contribution in [0.15, 0.2) is 75.2 Å². The number of fused-ring (bicyclic) bond motifs is 2. The van der Waals surface area contributed by atoms with Gasteiger partial charge in [0, 0.05) is 23.4 Å². The summed E-state index contributed by atoms with van der Waals surface area (Å²) in [6.45, 7) is 2.73. The van der Waals surface area contributed by atoms with Crippen LogP contribution >= 0.6 is 45.7 Å². The molecule has 5 heteroatoms. The summed E-state index contributed by atoms with van der Waals surface area (Å²) in [6, 6.07) is 20.1. The van der Waals surface area contributed by atoms with E-state index in [-0.39, 0.29) is 5.43 Å². The van der Waals surface area contributed by atoms with E-state index >= 15 is 0 Å². The van der Waals surface area contributed by atoms with Crippen LogP contribution in [0.5, 0.6) is 5.75 Å². The summed E-state index contributed by atoms with van der Waals surface area (Å²) < 4.78 is 9.07. The number of halogens is 1. The highest BCUT2D eigenvalue weighted by Crippen LogP contribution is 2.40. The van der Waals surface area contributed by atoms with E-state index in [1.807, 2.05) is 48.5 Å². The van der Waals surface area contributed by atoms with Gasteiger partial charge in [0.05, 0.1) is 16.7 Å². The molecule has 2 nitrogen and oxygen atoms in total. The molecule has 0 aliphatic carbocycles. The maximum atomic E-state index is 13.3. The molecule has 0 radical (unpaired) electrons. The van der Waals surface area contributed by atoms with E-state index < -0.39 is 0 Å². The van der Waals surface area contributed by atoms with Gasteiger partial charge in [0.2, 0.25) is 0 Å². The lowest BCUT2D eigenvalue weighted by atomic mass is 10.2. The van der Waals surface area contributed by atoms with E-state index in [1.54, 1.807) is 23.1 Å². The third kappa shape index (κ3) is 3.73. The zero-order valence-corrected chi connectivity index (χ0v) is 18.5. The van der Waals surface area contributed by atoms with Crippen LogP contribution in [-0.4, -0.2) is 6.61 Å². The number of hydrogen-bond acceptors (Lipinski definition) is 4. The topological polar surface area (TPSA) is 26.3 Å². The van der Waals surface area contributed by atoms with E-state index in [1.165, 1.54) is 3.57 Å². The van der Waals surface area contributed by atoms with Gasteiger partial charge in [0.15, 0.2) is 5.43 Å². The summed E-state index contributed by atoms with van der Waals surface area (Å²) in [4.78, 5) is 15.5. The normalized spacial score (nSPS) is 11.2. The molecule has 0 unspecified atom stereocenters. The Bertz CT molecular complexity index is 1180. The van der Waals surface area contributed by atoms with Gasteiger partial charge in [0.25, 0.3) is 0 Å². The van der Waals surface area contributed by atoms with E-state index in [4.69, 9.17) is 4.74 Å². The molecular weight excluding hydrogens is 487 g/mol. The van der Waals surface area contributed by atoms with E-state index in [0.29, 0.717) is 6.61 Å². The van der Waals surface area contributed by atoms with Gasteiger partial charge in [0.1, 0.15) is 5.75 Å². The molecule has 0 saturated carbocycles. The Morgan fingerprint density at radius 2 is 1.78 bits per heavy atom. The van der Waals surface area contributed by atoms with Gasteiger partial charge >= 0.3 is 0 Å². The van der Waals surface area contributed by atoms with Crippen LogP contribution in [0.2, 0.25) is 0 Å². The minimum Gasteiger partial charge on any atom is -0.492 e. The number of ether oxygens (including phenoxy) is 1. The second kappa shape index (κ2) is 8.20. The van der Waals surface area contributed by atoms with Gasteiger partial charge in [-0.3, -0.25) is 4.79 Å². The highest BCUT2D eigenvalue weighted by atomic mass is 127. The zero-order valence-electron chi connectivity index (χ0n) is 14.7. The monoisotopic (exact) mass is 504 g/mol. The van der Waals surface area contributed by atoms with Crippen molar-refractivity contribution in [3.63, 3.8) is 0 Å². The molecule has 0 amide bonds. The van der Waals surface area contributed by atoms with Crippen molar-refractivity contribution in [1.29, 1.82) is 0 Å². The second-order valence-corrected chi connectivity index (χ2v) is 9.37. The summed E-state index contributed by atoms with van der Waals surface area (Å²) in [5, 5.41) is 1.53. The molecule has 0 aliphatic rings. The zero-order chi connectivity index (χ0) is 18.8. The third-order valence-corrected chi connectivity index (χ3v) is 7.80. The van der Waals surface area contributed by atoms with E-state index in [9.17, 15) is 4.79 Å². The van der Waals surface area contributed by atoms with Crippen molar-refractivity contribution in [3.8, 4) is 5.75 Å². The van der Waals surface area contributed by atoms with Crippen molar-refractivity contribution in [2.45, 2.75) is 23.1 Å². The largest absolute Gasteiger partial charge is 0.492 e. The van der Waals surface area contributed by atoms with Crippen LogP contribution in [0.1, 0.15) is 13.3 Å². The molecule has 0 spiro atoms. The molecule has 0 aliphatic heterocycles. The van der Waals surface area contributed by atoms with E-state index in [0.717, 1.165) is 42.1 Å². The summed E-state index contributed by atoms with van der Waals surface area (Å²) in [5.74, 6) is 0.798. The van der Waals surface area contributed by atoms with Crippen molar-refractivity contribution in [3.05, 3.63) is 74.5 Å². The number of benzene rings is 3. The van der Waals surface area contributed by atoms with Gasteiger partial charge in [-0.05, 0) is 65.4 Å². The van der Waals surface area contributed by atoms with Crippen molar-refractivity contribution >= 4 is 65.9 Å². The first-order valence-electron chi connectivity index (χ1n) is 8.72. The molecular formula is C22H17IO2S2. The average Bonchev–Trinajstić information content (AvgIpc) is 2.69. The molecule has 1 aromatic heterocycles. The van der Waals surface area contributed by atoms with Crippen molar-refractivity contribution in [2.24, 2.45) is 0 Å². The smallest absolute Gasteiger partial charge is 0.197 e. The van der Waals surface area contributed by atoms with Crippen LogP contribution in [-0.2, 0) is 0 Å². The molecule has 136 valence electrons. The molecule has 3 aromatic carbocycles. The first kappa shape index (κ1) is 18.8. The van der Waals surface area contributed by atoms with Gasteiger partial charge in [-0.15, -0.1) is 11.3 Å². The fourth-order valence-electron chi connectivity index (χ4n) is 2.91. The summed E-state index contributed by atoms with van der Waals surface area (Å²) in [6.07, 6.45) is 0.933. The quantitative estimate of drug-likeness (QED) is 0.217. The van der Waals surface area contributed by atoms with E-state index in [2.05, 4.69) is 41.6 Å². The van der Waals surface area contributed by atoms with Gasteiger partial charge in [-0.2, -0.15) is 0 Å². The highest BCUT2D eigenvalue weighted by molar-refractivity contribution is 14.1. The molecule has 1 heterocycles. The Morgan fingerprint density at radius 1 is 1.00 bits per heavy atom. The SMILES string of the molecule is CCCOc1ccc(Sc2ccccc2I)c2c(=O)c3ccccc3sc12. The molecule has 0 fully saturated rings. The van der Waals surface area contributed by atoms with Crippen LogP contribution in [0.4, 0.5) is 0 Å². The second-order valence-electron chi connectivity index (χ2n) is 6.07. The van der Waals surface area contributed by atoms with Crippen LogP contribution in [0.3, 0.4) is 0 Å². The Balaban J connectivity index is 1.98. The Kier molecular flexibility index (Phi) is 5.71. The first-order valence-corrected chi connectivity index (χ1v) is 11.4. The lowest BCUT2D eigenvalue weighted by Gasteiger charge is -2.12. The average molecular weight is 504 g/mol. The lowest BCUT2D eigenvalue weighted by Crippen LogP contribution is -2.04. The Hall–Kier alpha value is -1.57. The van der Waals surface area contributed by atoms with Crippen LogP contribution in [0.25, 0.3) is 20.2 Å². The highest BCUT2D eigenvalue weighted by Gasteiger charge is 2.16. The predicted octanol–water partition coefficient (Wildman–Crippen LogP) is 6.96. The molecule has 0 saturated heterocycles. The van der Waals surface area contributed by atoms with Crippen LogP contribution < -0.4 is 10.2 Å². The Morgan fingerprint density at radius 3 is 2.59 bits per heavy atom. The van der Waals surface area contributed by atoms with Gasteiger partial charge < -0.3 is 4.74 Å². The van der Waals surface area contributed by atoms with Gasteiger partial charge in [-0.1, -0.05) is 43.0 Å². The fourth-order valence-corrected chi connectivity index (χ4v) is 5.84. The molecule has 27 heavy (non-hydrogen) atoms. The van der Waals surface area contributed by atoms with Crippen molar-refractivity contribution in [1.82, 2.24) is 0 Å². The fraction of sp³-hybridized carbons (Fsp3) is 0.136. The lowest BCUT2D eigenvalue weighted by molar-refractivity contribution is 0.321. The molecule has 4 aromatic rings. The van der Waals surface area contributed by atoms with Crippen LogP contribution in [0, 0.1) is 3.57 Å². The molecule has 0 bridgehead atoms. The van der Waals surface area contributed by atoms with Crippen molar-refractivity contribution in [2.75, 3.05) is 6.61 Å². The van der Waals surface area contributed by atoms with Gasteiger partial charge in [-0.25, -0.2) is 0 Å². The summed E-state index contributed by atoms with van der Waals surface area (Å²) in [7, 11) is 0. The maximum Gasteiger partial charge on any atom is 0.197 e. The predicted molar refractivity (Wildman–Crippen MR) is 125 cm³/mol.